The van der Waals surface area contributed by atoms with Gasteiger partial charge in [0.25, 0.3) is 0 Å². The molecule has 1 amide bonds. The third-order valence-electron chi connectivity index (χ3n) is 2.69. The van der Waals surface area contributed by atoms with E-state index in [1.807, 2.05) is 11.8 Å². The smallest absolute Gasteiger partial charge is 0.225 e. The summed E-state index contributed by atoms with van der Waals surface area (Å²) in [4.78, 5) is 13.8. The van der Waals surface area contributed by atoms with Crippen molar-refractivity contribution in [3.63, 3.8) is 0 Å². The second-order valence-electron chi connectivity index (χ2n) is 3.74. The maximum absolute atomic E-state index is 11.8. The van der Waals surface area contributed by atoms with E-state index in [-0.39, 0.29) is 5.92 Å². The molecule has 1 heterocycles. The molecule has 1 aliphatic rings. The van der Waals surface area contributed by atoms with Crippen molar-refractivity contribution in [2.24, 2.45) is 5.92 Å². The van der Waals surface area contributed by atoms with Crippen molar-refractivity contribution in [2.45, 2.75) is 26.7 Å². The monoisotopic (exact) mass is 184 g/mol. The summed E-state index contributed by atoms with van der Waals surface area (Å²) in [5.74, 6) is 0.518. The lowest BCUT2D eigenvalue weighted by molar-refractivity contribution is -0.134. The number of rotatable bonds is 2. The highest BCUT2D eigenvalue weighted by atomic mass is 16.2. The van der Waals surface area contributed by atoms with Gasteiger partial charge in [-0.2, -0.15) is 0 Å². The molecule has 1 fully saturated rings. The lowest BCUT2D eigenvalue weighted by atomic mass is 10.1. The van der Waals surface area contributed by atoms with E-state index in [1.54, 1.807) is 0 Å². The van der Waals surface area contributed by atoms with Crippen LogP contribution in [-0.4, -0.2) is 37.0 Å². The van der Waals surface area contributed by atoms with Crippen LogP contribution >= 0.6 is 0 Å². The topological polar surface area (TPSA) is 32.3 Å². The fraction of sp³-hybridized carbons (Fsp3) is 0.900. The SMILES string of the molecule is CCC(C)C(=O)N1CCCNCC1. The van der Waals surface area contributed by atoms with Gasteiger partial charge in [0.15, 0.2) is 0 Å². The number of carbonyl (C=O) groups is 1. The Morgan fingerprint density at radius 1 is 1.46 bits per heavy atom. The minimum absolute atomic E-state index is 0.193. The number of hydrogen-bond donors (Lipinski definition) is 1. The molecule has 0 spiro atoms. The highest BCUT2D eigenvalue weighted by Gasteiger charge is 2.19. The molecule has 3 heteroatoms. The quantitative estimate of drug-likeness (QED) is 0.690. The highest BCUT2D eigenvalue weighted by Crippen LogP contribution is 2.07. The summed E-state index contributed by atoms with van der Waals surface area (Å²) in [6, 6.07) is 0. The van der Waals surface area contributed by atoms with Crippen molar-refractivity contribution in [3.8, 4) is 0 Å². The van der Waals surface area contributed by atoms with E-state index >= 15 is 0 Å². The zero-order chi connectivity index (χ0) is 9.68. The maximum Gasteiger partial charge on any atom is 0.225 e. The average molecular weight is 184 g/mol. The molecule has 0 aromatic rings. The van der Waals surface area contributed by atoms with Crippen molar-refractivity contribution in [3.05, 3.63) is 0 Å². The molecule has 0 aliphatic carbocycles. The van der Waals surface area contributed by atoms with Crippen LogP contribution in [0, 0.1) is 5.92 Å². The summed E-state index contributed by atoms with van der Waals surface area (Å²) in [5.41, 5.74) is 0. The first-order valence-corrected chi connectivity index (χ1v) is 5.25. The molecule has 1 saturated heterocycles. The van der Waals surface area contributed by atoms with Gasteiger partial charge in [0.2, 0.25) is 5.91 Å². The molecule has 0 aromatic heterocycles. The first kappa shape index (κ1) is 10.5. The van der Waals surface area contributed by atoms with E-state index in [1.165, 1.54) is 0 Å². The van der Waals surface area contributed by atoms with Crippen LogP contribution in [0.25, 0.3) is 0 Å². The second-order valence-corrected chi connectivity index (χ2v) is 3.74. The molecule has 0 radical (unpaired) electrons. The zero-order valence-electron chi connectivity index (χ0n) is 8.68. The van der Waals surface area contributed by atoms with E-state index in [2.05, 4.69) is 12.2 Å². The summed E-state index contributed by atoms with van der Waals surface area (Å²) >= 11 is 0. The third-order valence-corrected chi connectivity index (χ3v) is 2.69. The van der Waals surface area contributed by atoms with Gasteiger partial charge in [0.05, 0.1) is 0 Å². The Hall–Kier alpha value is -0.570. The van der Waals surface area contributed by atoms with Crippen LogP contribution in [0.4, 0.5) is 0 Å². The van der Waals surface area contributed by atoms with Gasteiger partial charge in [-0.25, -0.2) is 0 Å². The molecule has 3 nitrogen and oxygen atoms in total. The van der Waals surface area contributed by atoms with Gasteiger partial charge < -0.3 is 10.2 Å². The Morgan fingerprint density at radius 2 is 2.23 bits per heavy atom. The summed E-state index contributed by atoms with van der Waals surface area (Å²) in [6.07, 6.45) is 2.03. The summed E-state index contributed by atoms with van der Waals surface area (Å²) in [7, 11) is 0. The van der Waals surface area contributed by atoms with E-state index in [4.69, 9.17) is 0 Å². The summed E-state index contributed by atoms with van der Waals surface area (Å²) in [6.45, 7) is 7.88. The number of nitrogens with one attached hydrogen (secondary N) is 1. The summed E-state index contributed by atoms with van der Waals surface area (Å²) in [5, 5.41) is 3.30. The van der Waals surface area contributed by atoms with Crippen molar-refractivity contribution in [1.29, 1.82) is 0 Å². The molecule has 1 N–H and O–H groups in total. The molecule has 1 atom stereocenters. The number of carbonyl (C=O) groups excluding carboxylic acids is 1. The van der Waals surface area contributed by atoms with E-state index in [0.29, 0.717) is 5.91 Å². The zero-order valence-corrected chi connectivity index (χ0v) is 8.68. The van der Waals surface area contributed by atoms with Gasteiger partial charge in [-0.05, 0) is 19.4 Å². The molecule has 0 aromatic carbocycles. The van der Waals surface area contributed by atoms with E-state index in [0.717, 1.165) is 39.0 Å². The molecule has 0 bridgehead atoms. The van der Waals surface area contributed by atoms with Crippen molar-refractivity contribution in [2.75, 3.05) is 26.2 Å². The molecule has 76 valence electrons. The fourth-order valence-electron chi connectivity index (χ4n) is 1.55. The van der Waals surface area contributed by atoms with E-state index in [9.17, 15) is 4.79 Å². The van der Waals surface area contributed by atoms with Crippen LogP contribution in [0.2, 0.25) is 0 Å². The van der Waals surface area contributed by atoms with Gasteiger partial charge in [0, 0.05) is 25.6 Å². The predicted molar refractivity (Wildman–Crippen MR) is 53.5 cm³/mol. The lowest BCUT2D eigenvalue weighted by Crippen LogP contribution is -2.37. The summed E-state index contributed by atoms with van der Waals surface area (Å²) < 4.78 is 0. The fourth-order valence-corrected chi connectivity index (χ4v) is 1.55. The molecular formula is C10H20N2O. The lowest BCUT2D eigenvalue weighted by Gasteiger charge is -2.23. The third kappa shape index (κ3) is 2.99. The Balaban J connectivity index is 2.43. The molecule has 13 heavy (non-hydrogen) atoms. The van der Waals surface area contributed by atoms with Crippen molar-refractivity contribution >= 4 is 5.91 Å². The van der Waals surface area contributed by atoms with Crippen molar-refractivity contribution < 1.29 is 4.79 Å². The van der Waals surface area contributed by atoms with Crippen LogP contribution in [0.5, 0.6) is 0 Å². The van der Waals surface area contributed by atoms with Gasteiger partial charge in [0.1, 0.15) is 0 Å². The molecule has 1 unspecified atom stereocenters. The van der Waals surface area contributed by atoms with Gasteiger partial charge in [-0.15, -0.1) is 0 Å². The van der Waals surface area contributed by atoms with Crippen LogP contribution in [0.15, 0.2) is 0 Å². The van der Waals surface area contributed by atoms with Gasteiger partial charge in [-0.3, -0.25) is 4.79 Å². The average Bonchev–Trinajstić information content (AvgIpc) is 2.43. The molecule has 1 rings (SSSR count). The Morgan fingerprint density at radius 3 is 2.92 bits per heavy atom. The Bertz CT molecular complexity index is 162. The number of hydrogen-bond acceptors (Lipinski definition) is 2. The number of nitrogens with zero attached hydrogens (tertiary/aromatic N) is 1. The predicted octanol–water partition coefficient (Wildman–Crippen LogP) is 0.854. The van der Waals surface area contributed by atoms with Crippen LogP contribution in [0.1, 0.15) is 26.7 Å². The first-order valence-electron chi connectivity index (χ1n) is 5.25. The van der Waals surface area contributed by atoms with Crippen LogP contribution < -0.4 is 5.32 Å². The molecule has 0 saturated carbocycles. The molecular weight excluding hydrogens is 164 g/mol. The molecule has 1 aliphatic heterocycles. The van der Waals surface area contributed by atoms with Gasteiger partial charge in [-0.1, -0.05) is 13.8 Å². The Kier molecular flexibility index (Phi) is 4.22. The van der Waals surface area contributed by atoms with Crippen LogP contribution in [0.3, 0.4) is 0 Å². The number of amides is 1. The second kappa shape index (κ2) is 5.22. The van der Waals surface area contributed by atoms with Crippen molar-refractivity contribution in [1.82, 2.24) is 10.2 Å². The normalized spacial score (nSPS) is 20.9. The largest absolute Gasteiger partial charge is 0.341 e. The van der Waals surface area contributed by atoms with Gasteiger partial charge >= 0.3 is 0 Å². The van der Waals surface area contributed by atoms with E-state index < -0.39 is 0 Å². The minimum Gasteiger partial charge on any atom is -0.341 e. The first-order chi connectivity index (χ1) is 6.25. The van der Waals surface area contributed by atoms with Crippen LogP contribution in [-0.2, 0) is 4.79 Å². The standard InChI is InChI=1S/C10H20N2O/c1-3-9(2)10(13)12-7-4-5-11-6-8-12/h9,11H,3-8H2,1-2H3. The Labute approximate surface area is 80.5 Å². The minimum atomic E-state index is 0.193. The maximum atomic E-state index is 11.8. The highest BCUT2D eigenvalue weighted by molar-refractivity contribution is 5.78.